The SMILES string of the molecule is C[SH+]CC[C-]=O.[C-]#[O+].[C-]#[O+].[C-]#[O+].[C-]#[O+].[Mn]. The normalized spacial score (nSPS) is 3.80. The Balaban J connectivity index is -0.0000000194. The summed E-state index contributed by atoms with van der Waals surface area (Å²) in [6.07, 6.45) is 4.43. The standard InChI is InChI=1S/C4H7OS.4CO.Mn/c1-6-4-2-3-5;4*1-2;/h2,4H2,1H3;;;;;/q-1;;;;;/p+1. The van der Waals surface area contributed by atoms with Crippen LogP contribution in [0.2, 0.25) is 0 Å². The van der Waals surface area contributed by atoms with Crippen LogP contribution in [0.5, 0.6) is 0 Å². The third-order valence-corrected chi connectivity index (χ3v) is 1.11. The molecule has 0 rings (SSSR count). The van der Waals surface area contributed by atoms with E-state index in [4.69, 9.17) is 18.6 Å². The van der Waals surface area contributed by atoms with E-state index in [1.807, 2.05) is 12.5 Å². The third-order valence-electron chi connectivity index (χ3n) is 0.437. The van der Waals surface area contributed by atoms with Crippen LogP contribution in [-0.2, 0) is 52.2 Å². The van der Waals surface area contributed by atoms with E-state index in [0.717, 1.165) is 5.75 Å². The van der Waals surface area contributed by atoms with Crippen molar-refractivity contribution in [1.29, 1.82) is 0 Å². The number of rotatable bonds is 3. The minimum Gasteiger partial charge on any atom is 0 e. The van der Waals surface area contributed by atoms with Crippen molar-refractivity contribution in [3.63, 3.8) is 0 Å². The molecule has 1 radical (unpaired) electrons. The van der Waals surface area contributed by atoms with Gasteiger partial charge in [0.15, 0.2) is 0 Å². The fraction of sp³-hybridized carbons (Fsp3) is 0.375. The van der Waals surface area contributed by atoms with E-state index in [9.17, 15) is 4.79 Å². The maximum atomic E-state index is 9.43. The first kappa shape index (κ1) is 36.6. The zero-order valence-electron chi connectivity index (χ0n) is 7.78. The smallest absolute Gasteiger partial charge is 0 e. The van der Waals surface area contributed by atoms with Gasteiger partial charge in [0.05, 0.1) is 12.0 Å². The molecule has 0 aliphatic rings. The molecule has 0 amide bonds. The molecule has 83 valence electrons. The van der Waals surface area contributed by atoms with E-state index in [-0.39, 0.29) is 17.1 Å². The van der Waals surface area contributed by atoms with Gasteiger partial charge in [0.1, 0.15) is 0 Å². The summed E-state index contributed by atoms with van der Waals surface area (Å²) in [5.74, 6) is 0.962. The van der Waals surface area contributed by atoms with Crippen molar-refractivity contribution < 1.29 is 40.5 Å². The van der Waals surface area contributed by atoms with Gasteiger partial charge in [0, 0.05) is 17.1 Å². The van der Waals surface area contributed by atoms with Crippen molar-refractivity contribution in [2.45, 2.75) is 6.42 Å². The molecule has 0 aromatic rings. The number of carbonyl (C=O) groups excluding carboxylic acids is 1. The van der Waals surface area contributed by atoms with E-state index >= 15 is 0 Å². The van der Waals surface area contributed by atoms with Crippen LogP contribution < -0.4 is 0 Å². The first-order valence-electron chi connectivity index (χ1n) is 2.64. The Morgan fingerprint density at radius 2 is 1.27 bits per heavy atom. The Kier molecular flexibility index (Phi) is 420. The van der Waals surface area contributed by atoms with Crippen molar-refractivity contribution in [3.8, 4) is 0 Å². The average molecular weight is 271 g/mol. The average Bonchev–Trinajstić information content (AvgIpc) is 2.36. The molecule has 0 saturated carbocycles. The molecular formula is C8H8MnO5S. The summed E-state index contributed by atoms with van der Waals surface area (Å²) in [6.45, 7) is 18.0. The maximum Gasteiger partial charge on any atom is 0 e. The van der Waals surface area contributed by atoms with Crippen LogP contribution in [0.15, 0.2) is 0 Å². The van der Waals surface area contributed by atoms with Gasteiger partial charge in [-0.1, -0.05) is 0 Å². The third kappa shape index (κ3) is 286. The Labute approximate surface area is 104 Å². The first-order chi connectivity index (χ1) is 6.91. The molecule has 0 aromatic carbocycles. The van der Waals surface area contributed by atoms with Crippen LogP contribution in [0.1, 0.15) is 6.42 Å². The van der Waals surface area contributed by atoms with Gasteiger partial charge >= 0.3 is 45.2 Å². The van der Waals surface area contributed by atoms with Crippen LogP contribution in [0.3, 0.4) is 0 Å². The molecule has 0 bridgehead atoms. The van der Waals surface area contributed by atoms with Crippen LogP contribution in [0.4, 0.5) is 0 Å². The van der Waals surface area contributed by atoms with E-state index in [2.05, 4.69) is 26.6 Å². The summed E-state index contributed by atoms with van der Waals surface area (Å²) in [4.78, 5) is 9.43. The monoisotopic (exact) mass is 271 g/mol. The zero-order valence-corrected chi connectivity index (χ0v) is 9.86. The molecule has 0 N–H and O–H groups in total. The summed E-state index contributed by atoms with van der Waals surface area (Å²) in [7, 11) is 0. The Hall–Kier alpha value is -0.501. The predicted molar refractivity (Wildman–Crippen MR) is 45.6 cm³/mol. The second kappa shape index (κ2) is 172. The van der Waals surface area contributed by atoms with Gasteiger partial charge in [0.25, 0.3) is 0 Å². The van der Waals surface area contributed by atoms with E-state index in [0.29, 0.717) is 6.42 Å². The maximum absolute atomic E-state index is 9.43. The van der Waals surface area contributed by atoms with Crippen molar-refractivity contribution >= 4 is 18.0 Å². The Bertz CT molecular complexity index is 128. The van der Waals surface area contributed by atoms with Gasteiger partial charge in [-0.05, 0) is 11.8 Å². The summed E-state index contributed by atoms with van der Waals surface area (Å²) in [5.41, 5.74) is 0. The molecule has 15 heavy (non-hydrogen) atoms. The summed E-state index contributed by atoms with van der Waals surface area (Å²) >= 11 is 1.28. The molecule has 0 heterocycles. The van der Waals surface area contributed by atoms with Crippen LogP contribution in [-0.4, -0.2) is 18.3 Å². The summed E-state index contributed by atoms with van der Waals surface area (Å²) in [6, 6.07) is 0. The molecular weight excluding hydrogens is 263 g/mol. The van der Waals surface area contributed by atoms with Crippen molar-refractivity contribution in [3.05, 3.63) is 26.6 Å². The van der Waals surface area contributed by atoms with E-state index in [1.165, 1.54) is 11.8 Å². The van der Waals surface area contributed by atoms with Crippen molar-refractivity contribution in [2.75, 3.05) is 12.0 Å². The second-order valence-electron chi connectivity index (χ2n) is 0.934. The topological polar surface area (TPSA) is 96.7 Å². The fourth-order valence-corrected chi connectivity index (χ4v) is 0.472. The van der Waals surface area contributed by atoms with Crippen LogP contribution >= 0.6 is 0 Å². The minimum absolute atomic E-state index is 0. The molecule has 0 fully saturated rings. The Morgan fingerprint density at radius 3 is 1.33 bits per heavy atom. The largest absolute Gasteiger partial charge is 0 e. The summed E-state index contributed by atoms with van der Waals surface area (Å²) in [5, 5.41) is 0. The van der Waals surface area contributed by atoms with Gasteiger partial charge in [-0.25, -0.2) is 0 Å². The molecule has 7 heteroatoms. The molecule has 0 unspecified atom stereocenters. The van der Waals surface area contributed by atoms with Gasteiger partial charge in [-0.3, -0.25) is 6.29 Å². The van der Waals surface area contributed by atoms with Gasteiger partial charge in [0.2, 0.25) is 0 Å². The first-order valence-corrected chi connectivity index (χ1v) is 4.16. The number of hydrogen-bond acceptors (Lipinski definition) is 1. The molecule has 0 saturated heterocycles. The van der Waals surface area contributed by atoms with Crippen LogP contribution in [0.25, 0.3) is 0 Å². The summed E-state index contributed by atoms with van der Waals surface area (Å²) < 4.78 is 30.0. The Morgan fingerprint density at radius 1 is 1.00 bits per heavy atom. The van der Waals surface area contributed by atoms with E-state index < -0.39 is 0 Å². The van der Waals surface area contributed by atoms with Crippen LogP contribution in [0, 0.1) is 26.6 Å². The molecule has 0 aromatic heterocycles. The molecule has 0 aliphatic carbocycles. The fourth-order valence-electron chi connectivity index (χ4n) is 0.157. The van der Waals surface area contributed by atoms with E-state index in [1.54, 1.807) is 0 Å². The number of hydrogen-bond donors (Lipinski definition) is 0. The molecule has 0 spiro atoms. The minimum atomic E-state index is 0. The quantitative estimate of drug-likeness (QED) is 0.229. The molecule has 0 aliphatic heterocycles. The van der Waals surface area contributed by atoms with Gasteiger partial charge < -0.3 is 4.79 Å². The predicted octanol–water partition coefficient (Wildman–Crippen LogP) is -0.222. The number of thiol groups is 1. The van der Waals surface area contributed by atoms with Crippen molar-refractivity contribution in [1.82, 2.24) is 0 Å². The van der Waals surface area contributed by atoms with Gasteiger partial charge in [-0.2, -0.15) is 0 Å². The molecule has 5 nitrogen and oxygen atoms in total. The molecule has 0 atom stereocenters. The zero-order chi connectivity index (χ0) is 12.8. The second-order valence-corrected chi connectivity index (χ2v) is 2.01. The van der Waals surface area contributed by atoms with Gasteiger partial charge in [-0.15, -0.1) is 6.42 Å². The van der Waals surface area contributed by atoms with Crippen molar-refractivity contribution in [2.24, 2.45) is 0 Å².